The molecule has 0 radical (unpaired) electrons. The first kappa shape index (κ1) is 27.5. The number of nitrogens with one attached hydrogen (secondary N) is 2. The molecule has 6 heteroatoms. The third kappa shape index (κ3) is 3.61. The minimum absolute atomic E-state index is 0.144. The topological polar surface area (TPSA) is 98.7 Å². The SMILES string of the molecule is CC1(C)[C@@H]2CC[C@@]1(C(=O)N[C@H](c1ccccc1)[C@H](NC(=O)[C@]13CC[C@H](C[C@H]1O)C3(C)C)c1ccccc1)[C@H](O)C2. The van der Waals surface area contributed by atoms with Crippen LogP contribution in [0.25, 0.3) is 0 Å². The molecule has 2 amide bonds. The number of amides is 2. The zero-order chi connectivity index (χ0) is 28.5. The number of benzene rings is 2. The highest BCUT2D eigenvalue weighted by Crippen LogP contribution is 2.67. The normalized spacial score (nSPS) is 36.2. The van der Waals surface area contributed by atoms with E-state index in [0.29, 0.717) is 37.5 Å². The highest BCUT2D eigenvalue weighted by molar-refractivity contribution is 5.87. The first-order valence-electron chi connectivity index (χ1n) is 15.0. The maximum Gasteiger partial charge on any atom is 0.229 e. The van der Waals surface area contributed by atoms with Crippen LogP contribution < -0.4 is 10.6 Å². The number of hydrogen-bond donors (Lipinski definition) is 4. The van der Waals surface area contributed by atoms with Gasteiger partial charge in [-0.1, -0.05) is 88.4 Å². The summed E-state index contributed by atoms with van der Waals surface area (Å²) in [6.07, 6.45) is 3.10. The summed E-state index contributed by atoms with van der Waals surface area (Å²) in [5, 5.41) is 29.1. The van der Waals surface area contributed by atoms with Crippen molar-refractivity contribution in [3.05, 3.63) is 71.8 Å². The molecule has 2 aromatic carbocycles. The minimum atomic E-state index is -0.864. The number of fused-ring (bicyclic) bond motifs is 4. The summed E-state index contributed by atoms with van der Waals surface area (Å²) < 4.78 is 0. The molecule has 0 aliphatic heterocycles. The highest BCUT2D eigenvalue weighted by atomic mass is 16.3. The van der Waals surface area contributed by atoms with Crippen LogP contribution in [0.2, 0.25) is 0 Å². The lowest BCUT2D eigenvalue weighted by Gasteiger charge is -2.43. The Hall–Kier alpha value is -2.70. The Morgan fingerprint density at radius 3 is 1.30 bits per heavy atom. The Morgan fingerprint density at radius 2 is 1.02 bits per heavy atom. The quantitative estimate of drug-likeness (QED) is 0.391. The lowest BCUT2D eigenvalue weighted by atomic mass is 9.67. The molecule has 4 aliphatic rings. The van der Waals surface area contributed by atoms with E-state index in [1.807, 2.05) is 60.7 Å². The van der Waals surface area contributed by atoms with E-state index in [9.17, 15) is 19.8 Å². The average Bonchev–Trinajstić information content (AvgIpc) is 3.50. The molecule has 214 valence electrons. The predicted molar refractivity (Wildman–Crippen MR) is 154 cm³/mol. The number of aliphatic hydroxyl groups is 2. The van der Waals surface area contributed by atoms with Crippen molar-refractivity contribution in [1.82, 2.24) is 10.6 Å². The van der Waals surface area contributed by atoms with Crippen LogP contribution in [0.3, 0.4) is 0 Å². The van der Waals surface area contributed by atoms with E-state index >= 15 is 0 Å². The third-order valence-corrected chi connectivity index (χ3v) is 12.3. The van der Waals surface area contributed by atoms with Gasteiger partial charge in [0.15, 0.2) is 0 Å². The van der Waals surface area contributed by atoms with Gasteiger partial charge in [0.25, 0.3) is 0 Å². The Labute approximate surface area is 238 Å². The summed E-state index contributed by atoms with van der Waals surface area (Å²) in [6, 6.07) is 18.5. The van der Waals surface area contributed by atoms with E-state index in [1.54, 1.807) is 0 Å². The molecule has 0 heterocycles. The first-order chi connectivity index (χ1) is 19.0. The fraction of sp³-hybridized carbons (Fsp3) is 0.588. The molecule has 0 saturated heterocycles. The summed E-state index contributed by atoms with van der Waals surface area (Å²) in [5.41, 5.74) is -0.602. The van der Waals surface area contributed by atoms with Gasteiger partial charge in [0, 0.05) is 0 Å². The first-order valence-corrected chi connectivity index (χ1v) is 15.0. The lowest BCUT2D eigenvalue weighted by Crippen LogP contribution is -2.56. The van der Waals surface area contributed by atoms with Crippen LogP contribution in [0.5, 0.6) is 0 Å². The van der Waals surface area contributed by atoms with Crippen LogP contribution in [0.15, 0.2) is 60.7 Å². The van der Waals surface area contributed by atoms with E-state index in [2.05, 4.69) is 38.3 Å². The number of hydrogen-bond acceptors (Lipinski definition) is 4. The second kappa shape index (κ2) is 9.42. The monoisotopic (exact) mass is 544 g/mol. The van der Waals surface area contributed by atoms with Gasteiger partial charge in [0.05, 0.1) is 35.1 Å². The smallest absolute Gasteiger partial charge is 0.229 e. The Bertz CT molecular complexity index is 1180. The van der Waals surface area contributed by atoms with Crippen molar-refractivity contribution in [2.75, 3.05) is 0 Å². The van der Waals surface area contributed by atoms with Crippen LogP contribution >= 0.6 is 0 Å². The molecule has 6 rings (SSSR count). The molecule has 0 unspecified atom stereocenters. The molecule has 4 fully saturated rings. The van der Waals surface area contributed by atoms with Gasteiger partial charge in [0.2, 0.25) is 11.8 Å². The van der Waals surface area contributed by atoms with E-state index in [0.717, 1.165) is 24.0 Å². The molecular formula is C34H44N2O4. The van der Waals surface area contributed by atoms with Gasteiger partial charge in [-0.05, 0) is 72.3 Å². The van der Waals surface area contributed by atoms with Gasteiger partial charge < -0.3 is 20.8 Å². The Morgan fingerprint density at radius 1 is 0.675 bits per heavy atom. The van der Waals surface area contributed by atoms with E-state index in [1.165, 1.54) is 0 Å². The van der Waals surface area contributed by atoms with Gasteiger partial charge in [-0.25, -0.2) is 0 Å². The predicted octanol–water partition coefficient (Wildman–Crippen LogP) is 5.08. The van der Waals surface area contributed by atoms with Crippen molar-refractivity contribution in [3.8, 4) is 0 Å². The van der Waals surface area contributed by atoms with Crippen LogP contribution in [0.4, 0.5) is 0 Å². The molecule has 4 aliphatic carbocycles. The van der Waals surface area contributed by atoms with Gasteiger partial charge in [-0.15, -0.1) is 0 Å². The average molecular weight is 545 g/mol. The van der Waals surface area contributed by atoms with Gasteiger partial charge in [0.1, 0.15) is 0 Å². The molecular weight excluding hydrogens is 500 g/mol. The maximum absolute atomic E-state index is 14.4. The zero-order valence-corrected chi connectivity index (χ0v) is 24.2. The van der Waals surface area contributed by atoms with E-state index in [4.69, 9.17) is 0 Å². The van der Waals surface area contributed by atoms with E-state index < -0.39 is 35.1 Å². The minimum Gasteiger partial charge on any atom is -0.392 e. The van der Waals surface area contributed by atoms with Crippen molar-refractivity contribution in [1.29, 1.82) is 0 Å². The number of rotatable bonds is 7. The Kier molecular flexibility index (Phi) is 6.47. The molecule has 6 nitrogen and oxygen atoms in total. The Balaban J connectivity index is 1.40. The van der Waals surface area contributed by atoms with Crippen molar-refractivity contribution >= 4 is 11.8 Å². The molecule has 8 atom stereocenters. The number of carbonyl (C=O) groups excluding carboxylic acids is 2. The summed E-state index contributed by atoms with van der Waals surface area (Å²) in [5.74, 6) is 0.339. The maximum atomic E-state index is 14.4. The standard InChI is InChI=1S/C34H44N2O4/c1-31(2)23-15-17-33(31,25(37)19-23)29(39)35-27(21-11-7-5-8-12-21)28(22-13-9-6-10-14-22)36-30(40)34-18-16-24(20-26(34)38)32(34,3)4/h5-14,23-28,37-38H,15-20H2,1-4H3,(H,35,39)(H,36,40)/t23-,24-,25-,26-,27-,28-,33+,34+/m1/s1. The molecule has 4 bridgehead atoms. The third-order valence-electron chi connectivity index (χ3n) is 12.3. The largest absolute Gasteiger partial charge is 0.392 e. The highest BCUT2D eigenvalue weighted by Gasteiger charge is 2.69. The fourth-order valence-corrected chi connectivity index (χ4v) is 9.55. The summed E-state index contributed by atoms with van der Waals surface area (Å²) in [4.78, 5) is 28.7. The van der Waals surface area contributed by atoms with Crippen LogP contribution in [-0.2, 0) is 9.59 Å². The molecule has 4 saturated carbocycles. The van der Waals surface area contributed by atoms with Crippen LogP contribution in [0.1, 0.15) is 89.4 Å². The molecule has 0 aromatic heterocycles. The van der Waals surface area contributed by atoms with Gasteiger partial charge in [-0.2, -0.15) is 0 Å². The van der Waals surface area contributed by atoms with Crippen molar-refractivity contribution in [2.45, 2.75) is 90.5 Å². The summed E-state index contributed by atoms with van der Waals surface area (Å²) >= 11 is 0. The van der Waals surface area contributed by atoms with Crippen molar-refractivity contribution in [3.63, 3.8) is 0 Å². The summed E-state index contributed by atoms with van der Waals surface area (Å²) in [7, 11) is 0. The number of carbonyl (C=O) groups is 2. The summed E-state index contributed by atoms with van der Waals surface area (Å²) in [6.45, 7) is 8.47. The van der Waals surface area contributed by atoms with Crippen LogP contribution in [-0.4, -0.2) is 34.2 Å². The second-order valence-corrected chi connectivity index (χ2v) is 14.1. The molecule has 4 N–H and O–H groups in total. The molecule has 40 heavy (non-hydrogen) atoms. The van der Waals surface area contributed by atoms with Gasteiger partial charge >= 0.3 is 0 Å². The van der Waals surface area contributed by atoms with E-state index in [-0.39, 0.29) is 22.6 Å². The number of aliphatic hydroxyl groups excluding tert-OH is 2. The van der Waals surface area contributed by atoms with Crippen molar-refractivity contribution in [2.24, 2.45) is 33.5 Å². The molecule has 2 aromatic rings. The zero-order valence-electron chi connectivity index (χ0n) is 24.2. The fourth-order valence-electron chi connectivity index (χ4n) is 9.55. The van der Waals surface area contributed by atoms with Crippen molar-refractivity contribution < 1.29 is 19.8 Å². The van der Waals surface area contributed by atoms with Crippen LogP contribution in [0, 0.1) is 33.5 Å². The second-order valence-electron chi connectivity index (χ2n) is 14.1. The molecule has 0 spiro atoms. The lowest BCUT2D eigenvalue weighted by molar-refractivity contribution is -0.147. The van der Waals surface area contributed by atoms with Gasteiger partial charge in [-0.3, -0.25) is 9.59 Å².